The number of nitrogen functional groups attached to an aromatic ring is 1. The molecule has 1 aliphatic rings. The van der Waals surface area contributed by atoms with E-state index in [0.29, 0.717) is 21.2 Å². The van der Waals surface area contributed by atoms with Gasteiger partial charge >= 0.3 is 0 Å². The van der Waals surface area contributed by atoms with E-state index >= 15 is 0 Å². The Morgan fingerprint density at radius 3 is 2.47 bits per heavy atom. The van der Waals surface area contributed by atoms with Crippen LogP contribution in [0.5, 0.6) is 0 Å². The zero-order valence-corrected chi connectivity index (χ0v) is 19.9. The third-order valence-corrected chi connectivity index (χ3v) is 7.73. The lowest BCUT2D eigenvalue weighted by atomic mass is 9.89. The van der Waals surface area contributed by atoms with Gasteiger partial charge in [0.1, 0.15) is 21.2 Å². The molecule has 6 heteroatoms. The van der Waals surface area contributed by atoms with Gasteiger partial charge in [0.25, 0.3) is 0 Å². The molecule has 1 aliphatic carbocycles. The number of nitrogens with zero attached hydrogens (tertiary/aromatic N) is 1. The van der Waals surface area contributed by atoms with Crippen LogP contribution in [0, 0.1) is 0 Å². The number of halogens is 1. The summed E-state index contributed by atoms with van der Waals surface area (Å²) in [5.41, 5.74) is 12.0. The summed E-state index contributed by atoms with van der Waals surface area (Å²) in [7, 11) is 0. The minimum absolute atomic E-state index is 0.120. The quantitative estimate of drug-likeness (QED) is 0.267. The number of carbonyl (C=O) groups excluding carboxylic acids is 1. The highest BCUT2D eigenvalue weighted by Crippen LogP contribution is 2.45. The van der Waals surface area contributed by atoms with Crippen LogP contribution in [0.15, 0.2) is 71.1 Å². The number of aryl methyl sites for hydroxylation is 1. The second kappa shape index (κ2) is 8.42. The van der Waals surface area contributed by atoms with Crippen LogP contribution in [0.4, 0.5) is 5.69 Å². The minimum atomic E-state index is -0.120. The van der Waals surface area contributed by atoms with E-state index in [1.165, 1.54) is 16.9 Å². The molecule has 0 atom stereocenters. The van der Waals surface area contributed by atoms with Gasteiger partial charge in [-0.25, -0.2) is 4.98 Å². The predicted octanol–water partition coefficient (Wildman–Crippen LogP) is 7.57. The molecule has 0 fully saturated rings. The van der Waals surface area contributed by atoms with Crippen LogP contribution in [0.25, 0.3) is 32.9 Å². The Hall–Kier alpha value is -3.41. The fraction of sp³-hybridized carbons (Fsp3) is 0.143. The summed E-state index contributed by atoms with van der Waals surface area (Å²) in [6.07, 6.45) is 4.04. The number of thiophene rings is 1. The standard InChI is InChI=1S/C28H21ClN2O2S/c29-18-12-10-17(11-13-18)26(32)27-25(30)24-23(19-8-4-5-9-20(19)31-28(24)34-27)22-15-14-21(33-22)16-6-2-1-3-7-16/h1-3,6-7,10-15H,4-5,8-9,30H2. The Morgan fingerprint density at radius 1 is 0.941 bits per heavy atom. The molecule has 0 saturated heterocycles. The zero-order chi connectivity index (χ0) is 23.2. The SMILES string of the molecule is Nc1c(C(=O)c2ccc(Cl)cc2)sc2nc3c(c(-c4ccc(-c5ccccc5)o4)c12)CCCC3. The maximum atomic E-state index is 13.3. The van der Waals surface area contributed by atoms with E-state index in [9.17, 15) is 4.79 Å². The molecule has 34 heavy (non-hydrogen) atoms. The Kier molecular flexibility index (Phi) is 5.24. The second-order valence-electron chi connectivity index (χ2n) is 8.51. The third-order valence-electron chi connectivity index (χ3n) is 6.38. The van der Waals surface area contributed by atoms with Crippen LogP contribution in [-0.4, -0.2) is 10.8 Å². The maximum absolute atomic E-state index is 13.3. The molecule has 3 aromatic heterocycles. The summed E-state index contributed by atoms with van der Waals surface area (Å²) in [5, 5.41) is 1.40. The molecule has 0 unspecified atom stereocenters. The molecular formula is C28H21ClN2O2S. The largest absolute Gasteiger partial charge is 0.456 e. The van der Waals surface area contributed by atoms with Crippen LogP contribution < -0.4 is 5.73 Å². The number of ketones is 1. The topological polar surface area (TPSA) is 69.1 Å². The van der Waals surface area contributed by atoms with E-state index in [4.69, 9.17) is 26.7 Å². The zero-order valence-electron chi connectivity index (χ0n) is 18.3. The number of anilines is 1. The number of aromatic nitrogens is 1. The number of carbonyl (C=O) groups is 1. The van der Waals surface area contributed by atoms with Crippen LogP contribution in [0.2, 0.25) is 5.02 Å². The smallest absolute Gasteiger partial charge is 0.205 e. The van der Waals surface area contributed by atoms with Gasteiger partial charge in [-0.1, -0.05) is 41.9 Å². The highest BCUT2D eigenvalue weighted by atomic mass is 35.5. The number of rotatable bonds is 4. The minimum Gasteiger partial charge on any atom is -0.456 e. The Bertz CT molecular complexity index is 1530. The third kappa shape index (κ3) is 3.52. The Balaban J connectivity index is 1.55. The molecule has 0 radical (unpaired) electrons. The molecule has 0 aliphatic heterocycles. The van der Waals surface area contributed by atoms with E-state index in [0.717, 1.165) is 64.2 Å². The van der Waals surface area contributed by atoms with Crippen molar-refractivity contribution in [3.8, 4) is 22.6 Å². The predicted molar refractivity (Wildman–Crippen MR) is 139 cm³/mol. The molecule has 0 saturated carbocycles. The molecule has 5 aromatic rings. The lowest BCUT2D eigenvalue weighted by Gasteiger charge is -2.18. The van der Waals surface area contributed by atoms with Crippen molar-refractivity contribution in [3.63, 3.8) is 0 Å². The fourth-order valence-corrected chi connectivity index (χ4v) is 5.92. The summed E-state index contributed by atoms with van der Waals surface area (Å²) >= 11 is 7.37. The van der Waals surface area contributed by atoms with Gasteiger partial charge in [-0.15, -0.1) is 11.3 Å². The molecule has 3 heterocycles. The van der Waals surface area contributed by atoms with Gasteiger partial charge in [-0.2, -0.15) is 0 Å². The monoisotopic (exact) mass is 484 g/mol. The number of hydrogen-bond donors (Lipinski definition) is 1. The average Bonchev–Trinajstić information content (AvgIpc) is 3.48. The molecule has 6 rings (SSSR count). The Morgan fingerprint density at radius 2 is 1.68 bits per heavy atom. The molecule has 168 valence electrons. The first-order valence-corrected chi connectivity index (χ1v) is 12.5. The number of furan rings is 1. The molecule has 0 amide bonds. The molecule has 0 spiro atoms. The maximum Gasteiger partial charge on any atom is 0.205 e. The van der Waals surface area contributed by atoms with Gasteiger partial charge in [-0.3, -0.25) is 4.79 Å². The number of benzene rings is 2. The first kappa shape index (κ1) is 21.1. The van der Waals surface area contributed by atoms with E-state index in [1.807, 2.05) is 42.5 Å². The van der Waals surface area contributed by atoms with E-state index in [-0.39, 0.29) is 5.78 Å². The van der Waals surface area contributed by atoms with E-state index in [2.05, 4.69) is 0 Å². The number of nitrogens with two attached hydrogens (primary N) is 1. The first-order valence-electron chi connectivity index (χ1n) is 11.3. The van der Waals surface area contributed by atoms with Gasteiger partial charge in [0, 0.05) is 32.8 Å². The van der Waals surface area contributed by atoms with Crippen molar-refractivity contribution in [1.82, 2.24) is 4.98 Å². The normalized spacial score (nSPS) is 13.2. The lowest BCUT2D eigenvalue weighted by molar-refractivity contribution is 0.104. The molecule has 0 bridgehead atoms. The number of fused-ring (bicyclic) bond motifs is 2. The van der Waals surface area contributed by atoms with Gasteiger partial charge < -0.3 is 10.2 Å². The van der Waals surface area contributed by atoms with Crippen LogP contribution in [0.3, 0.4) is 0 Å². The van der Waals surface area contributed by atoms with Gasteiger partial charge in [-0.05, 0) is 67.6 Å². The number of hydrogen-bond acceptors (Lipinski definition) is 5. The van der Waals surface area contributed by atoms with Crippen LogP contribution in [0.1, 0.15) is 39.3 Å². The van der Waals surface area contributed by atoms with E-state index in [1.54, 1.807) is 24.3 Å². The van der Waals surface area contributed by atoms with Crippen LogP contribution >= 0.6 is 22.9 Å². The van der Waals surface area contributed by atoms with Crippen molar-refractivity contribution in [3.05, 3.63) is 93.5 Å². The van der Waals surface area contributed by atoms with Crippen molar-refractivity contribution in [2.45, 2.75) is 25.7 Å². The molecule has 2 N–H and O–H groups in total. The first-order chi connectivity index (χ1) is 16.6. The molecule has 2 aromatic carbocycles. The number of pyridine rings is 1. The molecular weight excluding hydrogens is 464 g/mol. The van der Waals surface area contributed by atoms with E-state index < -0.39 is 0 Å². The van der Waals surface area contributed by atoms with Crippen LogP contribution in [-0.2, 0) is 12.8 Å². The summed E-state index contributed by atoms with van der Waals surface area (Å²) in [6, 6.07) is 20.9. The second-order valence-corrected chi connectivity index (χ2v) is 9.95. The summed E-state index contributed by atoms with van der Waals surface area (Å²) in [6.45, 7) is 0. The van der Waals surface area contributed by atoms with Gasteiger partial charge in [0.2, 0.25) is 5.78 Å². The van der Waals surface area contributed by atoms with Crippen molar-refractivity contribution < 1.29 is 9.21 Å². The summed E-state index contributed by atoms with van der Waals surface area (Å²) in [5.74, 6) is 1.45. The van der Waals surface area contributed by atoms with Crippen molar-refractivity contribution in [2.24, 2.45) is 0 Å². The fourth-order valence-electron chi connectivity index (χ4n) is 4.71. The average molecular weight is 485 g/mol. The van der Waals surface area contributed by atoms with Crippen molar-refractivity contribution in [1.29, 1.82) is 0 Å². The van der Waals surface area contributed by atoms with Gasteiger partial charge in [0.15, 0.2) is 0 Å². The van der Waals surface area contributed by atoms with Crippen molar-refractivity contribution in [2.75, 3.05) is 5.73 Å². The van der Waals surface area contributed by atoms with Gasteiger partial charge in [0.05, 0.1) is 5.69 Å². The van der Waals surface area contributed by atoms with Crippen molar-refractivity contribution >= 4 is 44.6 Å². The highest BCUT2D eigenvalue weighted by molar-refractivity contribution is 7.21. The lowest BCUT2D eigenvalue weighted by Crippen LogP contribution is -2.08. The Labute approximate surface area is 206 Å². The summed E-state index contributed by atoms with van der Waals surface area (Å²) in [4.78, 5) is 19.6. The summed E-state index contributed by atoms with van der Waals surface area (Å²) < 4.78 is 6.37. The highest BCUT2D eigenvalue weighted by Gasteiger charge is 2.27. The molecule has 4 nitrogen and oxygen atoms in total.